The highest BCUT2D eigenvalue weighted by Crippen LogP contribution is 2.42. The van der Waals surface area contributed by atoms with Gasteiger partial charge < -0.3 is 19.5 Å². The number of aliphatic hydroxyl groups excluding tert-OH is 1. The Labute approximate surface area is 264 Å². The number of imide groups is 1. The van der Waals surface area contributed by atoms with E-state index in [2.05, 4.69) is 31.5 Å². The molecule has 0 unspecified atom stereocenters. The molecule has 45 heavy (non-hydrogen) atoms. The number of nitrogens with zero attached hydrogens (tertiary/aromatic N) is 2. The molecule has 0 aromatic heterocycles. The zero-order valence-corrected chi connectivity index (χ0v) is 25.6. The van der Waals surface area contributed by atoms with Crippen LogP contribution in [0.25, 0.3) is 11.1 Å². The molecular weight excluding hydrogens is 564 g/mol. The molecule has 7 nitrogen and oxygen atoms in total. The second kappa shape index (κ2) is 13.3. The van der Waals surface area contributed by atoms with Crippen molar-refractivity contribution in [3.8, 4) is 11.1 Å². The molecule has 2 heterocycles. The number of fused-ring (bicyclic) bond motifs is 1. The summed E-state index contributed by atoms with van der Waals surface area (Å²) in [6, 6.07) is 30.9. The van der Waals surface area contributed by atoms with E-state index in [1.165, 1.54) is 4.90 Å². The molecule has 0 aliphatic carbocycles. The Hall–Kier alpha value is -4.40. The predicted molar refractivity (Wildman–Crippen MR) is 173 cm³/mol. The van der Waals surface area contributed by atoms with Crippen LogP contribution < -0.4 is 0 Å². The van der Waals surface area contributed by atoms with Crippen molar-refractivity contribution in [2.24, 2.45) is 5.92 Å². The number of carbonyl (C=O) groups is 2. The number of carbonyl (C=O) groups excluding carboxylic acids is 2. The summed E-state index contributed by atoms with van der Waals surface area (Å²) in [5, 5.41) is 9.54. The summed E-state index contributed by atoms with van der Waals surface area (Å²) < 4.78 is 13.3. The van der Waals surface area contributed by atoms with Gasteiger partial charge in [0.2, 0.25) is 0 Å². The van der Waals surface area contributed by atoms with Crippen LogP contribution in [0.15, 0.2) is 110 Å². The fourth-order valence-electron chi connectivity index (χ4n) is 6.21. The van der Waals surface area contributed by atoms with Crippen LogP contribution in [0.3, 0.4) is 0 Å². The summed E-state index contributed by atoms with van der Waals surface area (Å²) in [5.74, 6) is -0.453. The van der Waals surface area contributed by atoms with Crippen LogP contribution in [-0.4, -0.2) is 53.0 Å². The van der Waals surface area contributed by atoms with Crippen LogP contribution in [0.1, 0.15) is 62.3 Å². The van der Waals surface area contributed by atoms with Crippen molar-refractivity contribution in [2.75, 3.05) is 20.1 Å². The third-order valence-electron chi connectivity index (χ3n) is 8.69. The number of hydrogen-bond acceptors (Lipinski definition) is 6. The van der Waals surface area contributed by atoms with Crippen LogP contribution >= 0.6 is 0 Å². The molecule has 4 atom stereocenters. The quantitative estimate of drug-likeness (QED) is 0.164. The first kappa shape index (κ1) is 30.6. The number of hydrogen-bond donors (Lipinski definition) is 1. The zero-order valence-electron chi connectivity index (χ0n) is 25.6. The van der Waals surface area contributed by atoms with E-state index in [0.29, 0.717) is 11.1 Å². The molecule has 230 valence electrons. The van der Waals surface area contributed by atoms with E-state index in [9.17, 15) is 14.7 Å². The van der Waals surface area contributed by atoms with Gasteiger partial charge in [-0.1, -0.05) is 85.8 Å². The minimum absolute atomic E-state index is 0.00560. The van der Waals surface area contributed by atoms with Gasteiger partial charge in [0.25, 0.3) is 11.8 Å². The topological polar surface area (TPSA) is 79.3 Å². The molecule has 2 aliphatic rings. The Kier molecular flexibility index (Phi) is 9.05. The van der Waals surface area contributed by atoms with Crippen LogP contribution in [0.5, 0.6) is 0 Å². The largest absolute Gasteiger partial charge is 0.392 e. The van der Waals surface area contributed by atoms with E-state index in [4.69, 9.17) is 9.47 Å². The van der Waals surface area contributed by atoms with Crippen molar-refractivity contribution in [3.63, 3.8) is 0 Å². The Morgan fingerprint density at radius 3 is 2.16 bits per heavy atom. The third kappa shape index (κ3) is 6.39. The molecule has 0 bridgehead atoms. The lowest BCUT2D eigenvalue weighted by Gasteiger charge is -2.42. The summed E-state index contributed by atoms with van der Waals surface area (Å²) >= 11 is 0. The van der Waals surface area contributed by atoms with Gasteiger partial charge in [-0.15, -0.1) is 6.58 Å². The van der Waals surface area contributed by atoms with Crippen molar-refractivity contribution in [2.45, 2.75) is 38.6 Å². The van der Waals surface area contributed by atoms with E-state index in [-0.39, 0.29) is 43.1 Å². The Bertz CT molecular complexity index is 1670. The molecule has 7 heteroatoms. The number of likely N-dealkylation sites (N-methyl/N-ethyl adjacent to an activating group) is 1. The van der Waals surface area contributed by atoms with Crippen molar-refractivity contribution < 1.29 is 24.2 Å². The molecule has 0 saturated carbocycles. The molecule has 6 rings (SSSR count). The summed E-state index contributed by atoms with van der Waals surface area (Å²) in [6.07, 6.45) is 0.999. The van der Waals surface area contributed by atoms with Crippen LogP contribution in [-0.2, 0) is 22.6 Å². The lowest BCUT2D eigenvalue weighted by molar-refractivity contribution is -0.275. The zero-order chi connectivity index (χ0) is 31.5. The van der Waals surface area contributed by atoms with Crippen molar-refractivity contribution in [1.82, 2.24) is 9.80 Å². The van der Waals surface area contributed by atoms with Crippen LogP contribution in [0.2, 0.25) is 0 Å². The summed E-state index contributed by atoms with van der Waals surface area (Å²) in [6.45, 7) is 7.70. The first-order valence-corrected chi connectivity index (χ1v) is 15.3. The monoisotopic (exact) mass is 602 g/mol. The maximum absolute atomic E-state index is 13.0. The van der Waals surface area contributed by atoms with E-state index < -0.39 is 6.29 Å². The Balaban J connectivity index is 1.25. The number of aliphatic hydroxyl groups is 1. The Morgan fingerprint density at radius 2 is 1.49 bits per heavy atom. The van der Waals surface area contributed by atoms with Crippen molar-refractivity contribution in [3.05, 3.63) is 143 Å². The predicted octanol–water partition coefficient (Wildman–Crippen LogP) is 6.55. The number of amides is 2. The molecular formula is C38H38N2O5. The molecule has 4 aromatic carbocycles. The summed E-state index contributed by atoms with van der Waals surface area (Å²) in [4.78, 5) is 29.4. The molecule has 4 aromatic rings. The van der Waals surface area contributed by atoms with Gasteiger partial charge in [0.05, 0.1) is 36.5 Å². The highest BCUT2D eigenvalue weighted by atomic mass is 16.7. The van der Waals surface area contributed by atoms with Gasteiger partial charge in [0, 0.05) is 24.6 Å². The van der Waals surface area contributed by atoms with Crippen molar-refractivity contribution >= 4 is 11.8 Å². The SMILES string of the molecule is C=CCN(C)C[C@@H]1O[C@H](c2cccc(-c3cccc(CN4C(=O)c5ccccc5C4=O)c3)c2)O[C@H](c2ccc(CO)cc2)[C@@H]1C. The third-order valence-corrected chi connectivity index (χ3v) is 8.69. The summed E-state index contributed by atoms with van der Waals surface area (Å²) in [7, 11) is 2.06. The molecule has 1 N–H and O–H groups in total. The van der Waals surface area contributed by atoms with Gasteiger partial charge in [-0.2, -0.15) is 0 Å². The first-order valence-electron chi connectivity index (χ1n) is 15.3. The minimum Gasteiger partial charge on any atom is -0.392 e. The smallest absolute Gasteiger partial charge is 0.261 e. The van der Waals surface area contributed by atoms with Crippen molar-refractivity contribution in [1.29, 1.82) is 0 Å². The van der Waals surface area contributed by atoms with Gasteiger partial charge in [-0.3, -0.25) is 14.5 Å². The normalized spacial score (nSPS) is 21.3. The van der Waals surface area contributed by atoms with Gasteiger partial charge in [0.1, 0.15) is 0 Å². The molecule has 2 aliphatic heterocycles. The number of benzene rings is 4. The average Bonchev–Trinajstić information content (AvgIpc) is 3.31. The van der Waals surface area contributed by atoms with E-state index in [1.807, 2.05) is 72.8 Å². The van der Waals surface area contributed by atoms with Gasteiger partial charge in [0.15, 0.2) is 6.29 Å². The van der Waals surface area contributed by atoms with Gasteiger partial charge in [-0.25, -0.2) is 0 Å². The molecule has 1 fully saturated rings. The average molecular weight is 603 g/mol. The standard InChI is InChI=1S/C38H38N2O5/c1-4-19-39(3)23-34-25(2)35(28-17-15-26(24-41)16-18-28)45-38(44-34)31-12-8-11-30(21-31)29-10-7-9-27(20-29)22-40-36(42)32-13-5-6-14-33(32)37(40)43/h4-18,20-21,25,34-35,38,41H,1,19,22-24H2,2-3H3/t25-,34+,35+,38+/m1/s1. The second-order valence-corrected chi connectivity index (χ2v) is 11.9. The van der Waals surface area contributed by atoms with Gasteiger partial charge in [-0.05, 0) is 59.1 Å². The number of ether oxygens (including phenoxy) is 2. The highest BCUT2D eigenvalue weighted by molar-refractivity contribution is 6.21. The fourth-order valence-corrected chi connectivity index (χ4v) is 6.21. The molecule has 2 amide bonds. The number of rotatable bonds is 10. The highest BCUT2D eigenvalue weighted by Gasteiger charge is 2.39. The second-order valence-electron chi connectivity index (χ2n) is 11.9. The minimum atomic E-state index is -0.590. The first-order chi connectivity index (χ1) is 21.9. The Morgan fingerprint density at radius 1 is 0.822 bits per heavy atom. The summed E-state index contributed by atoms with van der Waals surface area (Å²) in [5.41, 5.74) is 6.51. The van der Waals surface area contributed by atoms with Crippen LogP contribution in [0, 0.1) is 5.92 Å². The van der Waals surface area contributed by atoms with E-state index in [1.54, 1.807) is 24.3 Å². The molecule has 1 saturated heterocycles. The van der Waals surface area contributed by atoms with E-state index in [0.717, 1.165) is 46.5 Å². The lowest BCUT2D eigenvalue weighted by Crippen LogP contribution is -2.43. The molecule has 0 spiro atoms. The fraction of sp³-hybridized carbons (Fsp3) is 0.263. The lowest BCUT2D eigenvalue weighted by atomic mass is 9.90. The molecule has 0 radical (unpaired) electrons. The van der Waals surface area contributed by atoms with Crippen LogP contribution in [0.4, 0.5) is 0 Å². The maximum Gasteiger partial charge on any atom is 0.261 e. The van der Waals surface area contributed by atoms with E-state index >= 15 is 0 Å². The maximum atomic E-state index is 13.0. The van der Waals surface area contributed by atoms with Gasteiger partial charge >= 0.3 is 0 Å².